The van der Waals surface area contributed by atoms with Gasteiger partial charge in [-0.05, 0) is 6.42 Å². The van der Waals surface area contributed by atoms with Crippen LogP contribution in [0, 0.1) is 0 Å². The Morgan fingerprint density at radius 1 is 1.07 bits per heavy atom. The zero-order valence-electron chi connectivity index (χ0n) is 16.9. The first kappa shape index (κ1) is 20.7. The number of anilines is 1. The fourth-order valence-electron chi connectivity index (χ4n) is 3.18. The quantitative estimate of drug-likeness (QED) is 0.718. The van der Waals surface area contributed by atoms with Crippen molar-refractivity contribution >= 4 is 17.6 Å². The topological polar surface area (TPSA) is 87.7 Å². The largest absolute Gasteiger partial charge is 0.385 e. The number of aromatic nitrogens is 2. The summed E-state index contributed by atoms with van der Waals surface area (Å²) in [6, 6.07) is 11.3. The molecule has 3 rings (SSSR count). The summed E-state index contributed by atoms with van der Waals surface area (Å²) in [5.41, 5.74) is 1.20. The molecule has 1 aliphatic heterocycles. The third kappa shape index (κ3) is 5.51. The molecule has 0 radical (unpaired) electrons. The number of ether oxygens (including phenoxy) is 1. The maximum absolute atomic E-state index is 13.1. The van der Waals surface area contributed by atoms with Gasteiger partial charge in [0.15, 0.2) is 5.82 Å². The maximum atomic E-state index is 13.1. The van der Waals surface area contributed by atoms with Crippen molar-refractivity contribution < 1.29 is 14.3 Å². The number of piperazine rings is 1. The minimum Gasteiger partial charge on any atom is -0.385 e. The molecule has 1 aromatic carbocycles. The first-order chi connectivity index (χ1) is 14.1. The molecule has 8 heteroatoms. The van der Waals surface area contributed by atoms with Gasteiger partial charge in [0.1, 0.15) is 11.5 Å². The lowest BCUT2D eigenvalue weighted by atomic mass is 10.2. The van der Waals surface area contributed by atoms with Crippen LogP contribution in [0.25, 0.3) is 11.4 Å². The van der Waals surface area contributed by atoms with Gasteiger partial charge in [0, 0.05) is 65.0 Å². The van der Waals surface area contributed by atoms with Crippen molar-refractivity contribution in [2.24, 2.45) is 0 Å². The number of benzene rings is 1. The molecular formula is C21H27N5O3. The van der Waals surface area contributed by atoms with E-state index in [1.807, 2.05) is 30.3 Å². The van der Waals surface area contributed by atoms with Crippen molar-refractivity contribution in [3.63, 3.8) is 0 Å². The van der Waals surface area contributed by atoms with Gasteiger partial charge in [-0.1, -0.05) is 30.3 Å². The summed E-state index contributed by atoms with van der Waals surface area (Å²) >= 11 is 0. The van der Waals surface area contributed by atoms with Gasteiger partial charge in [0.2, 0.25) is 5.91 Å². The van der Waals surface area contributed by atoms with Crippen LogP contribution in [-0.4, -0.2) is 78.0 Å². The molecule has 0 bridgehead atoms. The molecule has 1 N–H and O–H groups in total. The molecular weight excluding hydrogens is 370 g/mol. The molecule has 0 saturated carbocycles. The van der Waals surface area contributed by atoms with Crippen LogP contribution in [0.2, 0.25) is 0 Å². The first-order valence-electron chi connectivity index (χ1n) is 9.80. The Kier molecular flexibility index (Phi) is 7.13. The second kappa shape index (κ2) is 9.97. The van der Waals surface area contributed by atoms with Crippen LogP contribution in [0.5, 0.6) is 0 Å². The predicted octanol–water partition coefficient (Wildman–Crippen LogP) is 1.90. The summed E-state index contributed by atoms with van der Waals surface area (Å²) in [6.07, 6.45) is 0.831. The number of carbonyl (C=O) groups is 2. The SMILES string of the molecule is COCCCNc1cc(C(=O)N2CCN(C(C)=O)CC2)nc(-c2ccccc2)n1. The van der Waals surface area contributed by atoms with Gasteiger partial charge in [0.05, 0.1) is 0 Å². The van der Waals surface area contributed by atoms with Gasteiger partial charge in [-0.3, -0.25) is 9.59 Å². The van der Waals surface area contributed by atoms with E-state index >= 15 is 0 Å². The van der Waals surface area contributed by atoms with Crippen molar-refractivity contribution in [1.29, 1.82) is 0 Å². The smallest absolute Gasteiger partial charge is 0.272 e. The van der Waals surface area contributed by atoms with Crippen molar-refractivity contribution in [2.75, 3.05) is 51.8 Å². The number of nitrogens with zero attached hydrogens (tertiary/aromatic N) is 4. The van der Waals surface area contributed by atoms with Crippen molar-refractivity contribution in [3.8, 4) is 11.4 Å². The second-order valence-corrected chi connectivity index (χ2v) is 6.90. The molecule has 8 nitrogen and oxygen atoms in total. The highest BCUT2D eigenvalue weighted by Gasteiger charge is 2.25. The number of carbonyl (C=O) groups excluding carboxylic acids is 2. The third-order valence-corrected chi connectivity index (χ3v) is 4.82. The molecule has 1 aliphatic rings. The highest BCUT2D eigenvalue weighted by molar-refractivity contribution is 5.93. The Hall–Kier alpha value is -3.00. The van der Waals surface area contributed by atoms with E-state index in [2.05, 4.69) is 15.3 Å². The van der Waals surface area contributed by atoms with Gasteiger partial charge in [0.25, 0.3) is 5.91 Å². The van der Waals surface area contributed by atoms with Gasteiger partial charge in [-0.15, -0.1) is 0 Å². The highest BCUT2D eigenvalue weighted by atomic mass is 16.5. The normalized spacial score (nSPS) is 14.0. The van der Waals surface area contributed by atoms with Crippen LogP contribution in [0.15, 0.2) is 36.4 Å². The number of methoxy groups -OCH3 is 1. The highest BCUT2D eigenvalue weighted by Crippen LogP contribution is 2.19. The Bertz CT molecular complexity index is 835. The lowest BCUT2D eigenvalue weighted by Gasteiger charge is -2.34. The average molecular weight is 397 g/mol. The molecule has 0 unspecified atom stereocenters. The van der Waals surface area contributed by atoms with Crippen LogP contribution in [0.4, 0.5) is 5.82 Å². The zero-order chi connectivity index (χ0) is 20.6. The molecule has 0 spiro atoms. The standard InChI is InChI=1S/C21H27N5O3/c1-16(27)25-10-12-26(13-11-25)21(28)18-15-19(22-9-6-14-29-2)24-20(23-18)17-7-4-3-5-8-17/h3-5,7-8,15H,6,9-14H2,1-2H3,(H,22,23,24). The molecule has 154 valence electrons. The lowest BCUT2D eigenvalue weighted by molar-refractivity contribution is -0.130. The average Bonchev–Trinajstić information content (AvgIpc) is 2.76. The summed E-state index contributed by atoms with van der Waals surface area (Å²) in [6.45, 7) is 4.97. The van der Waals surface area contributed by atoms with E-state index in [4.69, 9.17) is 4.74 Å². The molecule has 2 amide bonds. The summed E-state index contributed by atoms with van der Waals surface area (Å²) in [5.74, 6) is 1.01. The molecule has 0 aliphatic carbocycles. The molecule has 1 aromatic heterocycles. The number of rotatable bonds is 7. The summed E-state index contributed by atoms with van der Waals surface area (Å²) in [5, 5.41) is 3.26. The zero-order valence-corrected chi connectivity index (χ0v) is 16.9. The van der Waals surface area contributed by atoms with Crippen LogP contribution in [0.3, 0.4) is 0 Å². The fourth-order valence-corrected chi connectivity index (χ4v) is 3.18. The molecule has 2 aromatic rings. The summed E-state index contributed by atoms with van der Waals surface area (Å²) in [7, 11) is 1.67. The second-order valence-electron chi connectivity index (χ2n) is 6.90. The van der Waals surface area contributed by atoms with Crippen molar-refractivity contribution in [1.82, 2.24) is 19.8 Å². The number of nitrogens with one attached hydrogen (secondary N) is 1. The van der Waals surface area contributed by atoms with Crippen LogP contribution >= 0.6 is 0 Å². The van der Waals surface area contributed by atoms with E-state index in [9.17, 15) is 9.59 Å². The monoisotopic (exact) mass is 397 g/mol. The van der Waals surface area contributed by atoms with E-state index in [0.29, 0.717) is 56.7 Å². The molecule has 1 saturated heterocycles. The van der Waals surface area contributed by atoms with Crippen molar-refractivity contribution in [2.45, 2.75) is 13.3 Å². The number of hydrogen-bond donors (Lipinski definition) is 1. The Morgan fingerprint density at radius 3 is 2.41 bits per heavy atom. The van der Waals surface area contributed by atoms with Gasteiger partial charge < -0.3 is 19.9 Å². The molecule has 0 atom stereocenters. The van der Waals surface area contributed by atoms with E-state index in [0.717, 1.165) is 12.0 Å². The van der Waals surface area contributed by atoms with Gasteiger partial charge in [-0.25, -0.2) is 9.97 Å². The Balaban J connectivity index is 1.80. The van der Waals surface area contributed by atoms with E-state index in [-0.39, 0.29) is 11.8 Å². The van der Waals surface area contributed by atoms with Gasteiger partial charge >= 0.3 is 0 Å². The minimum atomic E-state index is -0.146. The number of amides is 2. The minimum absolute atomic E-state index is 0.0352. The predicted molar refractivity (Wildman–Crippen MR) is 111 cm³/mol. The van der Waals surface area contributed by atoms with Gasteiger partial charge in [-0.2, -0.15) is 0 Å². The van der Waals surface area contributed by atoms with E-state index < -0.39 is 0 Å². The Labute approximate surface area is 170 Å². The fraction of sp³-hybridized carbons (Fsp3) is 0.429. The molecule has 1 fully saturated rings. The van der Waals surface area contributed by atoms with Crippen molar-refractivity contribution in [3.05, 3.63) is 42.1 Å². The lowest BCUT2D eigenvalue weighted by Crippen LogP contribution is -2.50. The van der Waals surface area contributed by atoms with Crippen LogP contribution < -0.4 is 5.32 Å². The molecule has 29 heavy (non-hydrogen) atoms. The summed E-state index contributed by atoms with van der Waals surface area (Å²) in [4.78, 5) is 37.2. The third-order valence-electron chi connectivity index (χ3n) is 4.82. The van der Waals surface area contributed by atoms with Crippen LogP contribution in [-0.2, 0) is 9.53 Å². The number of hydrogen-bond acceptors (Lipinski definition) is 6. The first-order valence-corrected chi connectivity index (χ1v) is 9.80. The van der Waals surface area contributed by atoms with E-state index in [1.165, 1.54) is 0 Å². The van der Waals surface area contributed by atoms with Crippen LogP contribution in [0.1, 0.15) is 23.8 Å². The van der Waals surface area contributed by atoms with E-state index in [1.54, 1.807) is 29.9 Å². The summed E-state index contributed by atoms with van der Waals surface area (Å²) < 4.78 is 5.08. The molecule has 2 heterocycles. The maximum Gasteiger partial charge on any atom is 0.272 e. The Morgan fingerprint density at radius 2 is 1.76 bits per heavy atom.